The summed E-state index contributed by atoms with van der Waals surface area (Å²) >= 11 is 3.27. The quantitative estimate of drug-likeness (QED) is 0.503. The number of aryl methyl sites for hydroxylation is 3. The third-order valence-corrected chi connectivity index (χ3v) is 9.54. The average Bonchev–Trinajstić information content (AvgIpc) is 2.63. The second-order valence-corrected chi connectivity index (χ2v) is 11.4. The monoisotopic (exact) mass is 493 g/mol. The van der Waals surface area contributed by atoms with Crippen LogP contribution in [0.2, 0.25) is 0 Å². The van der Waals surface area contributed by atoms with Crippen LogP contribution in [0.25, 0.3) is 0 Å². The molecule has 0 spiro atoms. The topological polar surface area (TPSA) is 71.5 Å². The molecule has 0 saturated heterocycles. The molecule has 0 bridgehead atoms. The highest BCUT2D eigenvalue weighted by Gasteiger charge is 2.37. The zero-order chi connectivity index (χ0) is 21.4. The van der Waals surface area contributed by atoms with Crippen molar-refractivity contribution in [2.24, 2.45) is 0 Å². The van der Waals surface area contributed by atoms with Gasteiger partial charge < -0.3 is 0 Å². The minimum atomic E-state index is -4.43. The van der Waals surface area contributed by atoms with E-state index in [-0.39, 0.29) is 15.5 Å². The number of hydrogen-bond donors (Lipinski definition) is 0. The highest BCUT2D eigenvalue weighted by molar-refractivity contribution is 9.10. The van der Waals surface area contributed by atoms with E-state index < -0.39 is 20.0 Å². The molecule has 0 amide bonds. The molecule has 0 aromatic heterocycles. The van der Waals surface area contributed by atoms with E-state index in [0.29, 0.717) is 8.18 Å². The van der Waals surface area contributed by atoms with Gasteiger partial charge in [-0.2, -0.15) is 12.1 Å². The van der Waals surface area contributed by atoms with Crippen molar-refractivity contribution in [3.63, 3.8) is 0 Å². The molecule has 0 atom stereocenters. The van der Waals surface area contributed by atoms with Crippen LogP contribution in [0.5, 0.6) is 0 Å². The molecule has 5 nitrogen and oxygen atoms in total. The number of halogens is 1. The maximum Gasteiger partial charge on any atom is 0.278 e. The fraction of sp³-hybridized carbons (Fsp3) is 0.143. The van der Waals surface area contributed by atoms with E-state index in [1.807, 2.05) is 20.8 Å². The Kier molecular flexibility index (Phi) is 5.89. The highest BCUT2D eigenvalue weighted by atomic mass is 79.9. The predicted octanol–water partition coefficient (Wildman–Crippen LogP) is 4.96. The summed E-state index contributed by atoms with van der Waals surface area (Å²) in [6.45, 7) is 5.49. The van der Waals surface area contributed by atoms with E-state index in [4.69, 9.17) is 0 Å². The summed E-state index contributed by atoms with van der Waals surface area (Å²) in [5.74, 6) is 0. The van der Waals surface area contributed by atoms with Crippen molar-refractivity contribution in [3.05, 3.63) is 87.9 Å². The van der Waals surface area contributed by atoms with Crippen molar-refractivity contribution in [1.29, 1.82) is 0 Å². The minimum absolute atomic E-state index is 0.0450. The van der Waals surface area contributed by atoms with Gasteiger partial charge in [-0.1, -0.05) is 41.5 Å². The normalized spacial score (nSPS) is 12.0. The molecule has 0 radical (unpaired) electrons. The first-order valence-corrected chi connectivity index (χ1v) is 12.4. The molecule has 0 aliphatic carbocycles. The van der Waals surface area contributed by atoms with Gasteiger partial charge in [-0.25, -0.2) is 8.42 Å². The first-order chi connectivity index (χ1) is 13.5. The lowest BCUT2D eigenvalue weighted by Gasteiger charge is -2.25. The van der Waals surface area contributed by atoms with Crippen molar-refractivity contribution >= 4 is 41.7 Å². The molecule has 0 aliphatic heterocycles. The van der Waals surface area contributed by atoms with E-state index in [1.54, 1.807) is 36.4 Å². The minimum Gasteiger partial charge on any atom is -0.200 e. The molecule has 3 aromatic rings. The van der Waals surface area contributed by atoms with Crippen LogP contribution in [0.4, 0.5) is 5.69 Å². The number of anilines is 1. The molecule has 0 fully saturated rings. The standard InChI is InChI=1S/C21H20BrNO4S2/c1-15-4-9-18(10-5-15)23(28(24,25)19-11-6-16(2)7-12-19)29(26,27)21-13-8-17(3)14-20(21)22/h4-14H,1-3H3. The fourth-order valence-corrected chi connectivity index (χ4v) is 7.62. The van der Waals surface area contributed by atoms with Gasteiger partial charge in [0.25, 0.3) is 20.0 Å². The number of sulfonamides is 2. The molecule has 0 saturated carbocycles. The SMILES string of the molecule is Cc1ccc(N(S(=O)(=O)c2ccc(C)cc2)S(=O)(=O)c2ccc(C)cc2Br)cc1. The first-order valence-electron chi connectivity index (χ1n) is 8.73. The van der Waals surface area contributed by atoms with Gasteiger partial charge in [0, 0.05) is 4.47 Å². The Hall–Kier alpha value is -2.16. The third-order valence-electron chi connectivity index (χ3n) is 4.37. The average molecular weight is 494 g/mol. The zero-order valence-corrected chi connectivity index (χ0v) is 19.3. The summed E-state index contributed by atoms with van der Waals surface area (Å²) in [4.78, 5) is -0.227. The van der Waals surface area contributed by atoms with Crippen LogP contribution in [-0.2, 0) is 20.0 Å². The molecule has 0 heterocycles. The van der Waals surface area contributed by atoms with Crippen LogP contribution >= 0.6 is 15.9 Å². The molecular formula is C21H20BrNO4S2. The molecule has 0 unspecified atom stereocenters. The Morgan fingerprint density at radius 2 is 1.14 bits per heavy atom. The van der Waals surface area contributed by atoms with Gasteiger partial charge in [0.05, 0.1) is 10.6 Å². The molecular weight excluding hydrogens is 474 g/mol. The lowest BCUT2D eigenvalue weighted by Crippen LogP contribution is -2.37. The number of nitrogens with zero attached hydrogens (tertiary/aromatic N) is 1. The smallest absolute Gasteiger partial charge is 0.200 e. The Morgan fingerprint density at radius 1 is 0.655 bits per heavy atom. The summed E-state index contributed by atoms with van der Waals surface area (Å²) in [7, 11) is -8.82. The van der Waals surface area contributed by atoms with E-state index in [2.05, 4.69) is 15.9 Å². The Morgan fingerprint density at radius 3 is 1.66 bits per heavy atom. The molecule has 0 aliphatic rings. The van der Waals surface area contributed by atoms with Crippen molar-refractivity contribution in [1.82, 2.24) is 0 Å². The molecule has 29 heavy (non-hydrogen) atoms. The van der Waals surface area contributed by atoms with Gasteiger partial charge in [0.1, 0.15) is 4.90 Å². The Balaban J connectivity index is 2.28. The molecule has 0 N–H and O–H groups in total. The van der Waals surface area contributed by atoms with Crippen LogP contribution in [0.3, 0.4) is 0 Å². The second-order valence-electron chi connectivity index (χ2n) is 6.79. The Bertz CT molecular complexity index is 1250. The number of hydrogen-bond acceptors (Lipinski definition) is 4. The predicted molar refractivity (Wildman–Crippen MR) is 118 cm³/mol. The fourth-order valence-electron chi connectivity index (χ4n) is 2.78. The van der Waals surface area contributed by atoms with Crippen molar-refractivity contribution < 1.29 is 16.8 Å². The summed E-state index contributed by atoms with van der Waals surface area (Å²) in [5, 5.41) is 0. The second kappa shape index (κ2) is 7.93. The van der Waals surface area contributed by atoms with E-state index in [0.717, 1.165) is 16.7 Å². The summed E-state index contributed by atoms with van der Waals surface area (Å²) in [6.07, 6.45) is 0. The van der Waals surface area contributed by atoms with Gasteiger partial charge in [-0.3, -0.25) is 0 Å². The summed E-state index contributed by atoms with van der Waals surface area (Å²) < 4.78 is 54.8. The van der Waals surface area contributed by atoms with Crippen LogP contribution in [0.1, 0.15) is 16.7 Å². The van der Waals surface area contributed by atoms with E-state index in [1.165, 1.54) is 30.3 Å². The van der Waals surface area contributed by atoms with Crippen LogP contribution in [-0.4, -0.2) is 16.8 Å². The maximum absolute atomic E-state index is 13.6. The maximum atomic E-state index is 13.6. The van der Waals surface area contributed by atoms with Crippen LogP contribution in [0.15, 0.2) is 81.0 Å². The largest absolute Gasteiger partial charge is 0.278 e. The van der Waals surface area contributed by atoms with Crippen LogP contribution < -0.4 is 3.71 Å². The van der Waals surface area contributed by atoms with Gasteiger partial charge in [-0.15, -0.1) is 0 Å². The van der Waals surface area contributed by atoms with Gasteiger partial charge in [-0.05, 0) is 78.7 Å². The third kappa shape index (κ3) is 4.24. The molecule has 3 rings (SSSR count). The molecule has 152 valence electrons. The van der Waals surface area contributed by atoms with Crippen molar-refractivity contribution in [3.8, 4) is 0 Å². The van der Waals surface area contributed by atoms with Crippen molar-refractivity contribution in [2.75, 3.05) is 3.71 Å². The van der Waals surface area contributed by atoms with E-state index >= 15 is 0 Å². The van der Waals surface area contributed by atoms with Gasteiger partial charge in [0.15, 0.2) is 0 Å². The Labute approximate surface area is 180 Å². The molecule has 8 heteroatoms. The lowest BCUT2D eigenvalue weighted by molar-refractivity contribution is 0.584. The molecule has 3 aromatic carbocycles. The summed E-state index contributed by atoms with van der Waals surface area (Å²) in [5.41, 5.74) is 2.65. The van der Waals surface area contributed by atoms with Crippen LogP contribution in [0, 0.1) is 20.8 Å². The lowest BCUT2D eigenvalue weighted by atomic mass is 10.2. The number of rotatable bonds is 5. The highest BCUT2D eigenvalue weighted by Crippen LogP contribution is 2.34. The zero-order valence-electron chi connectivity index (χ0n) is 16.1. The summed E-state index contributed by atoms with van der Waals surface area (Å²) in [6, 6.07) is 17.1. The van der Waals surface area contributed by atoms with Crippen molar-refractivity contribution in [2.45, 2.75) is 30.6 Å². The van der Waals surface area contributed by atoms with E-state index in [9.17, 15) is 16.8 Å². The van der Waals surface area contributed by atoms with Gasteiger partial charge in [0.2, 0.25) is 0 Å². The number of benzene rings is 3. The van der Waals surface area contributed by atoms with Gasteiger partial charge >= 0.3 is 0 Å². The first kappa shape index (κ1) is 21.5.